The molecule has 0 saturated heterocycles. The van der Waals surface area contributed by atoms with E-state index in [-0.39, 0.29) is 17.1 Å². The van der Waals surface area contributed by atoms with Crippen LogP contribution in [0.1, 0.15) is 22.8 Å². The van der Waals surface area contributed by atoms with E-state index in [9.17, 15) is 14.7 Å². The highest BCUT2D eigenvalue weighted by Gasteiger charge is 2.05. The van der Waals surface area contributed by atoms with Gasteiger partial charge < -0.3 is 5.11 Å². The maximum absolute atomic E-state index is 10.9. The molecule has 0 aliphatic heterocycles. The third kappa shape index (κ3) is 2.20. The van der Waals surface area contributed by atoms with Crippen LogP contribution >= 0.6 is 0 Å². The van der Waals surface area contributed by atoms with Crippen molar-refractivity contribution in [3.05, 3.63) is 29.3 Å². The van der Waals surface area contributed by atoms with Crippen molar-refractivity contribution in [2.24, 2.45) is 0 Å². The van der Waals surface area contributed by atoms with Crippen LogP contribution in [0.3, 0.4) is 0 Å². The number of carbonyl (C=O) groups is 2. The summed E-state index contributed by atoms with van der Waals surface area (Å²) in [6, 6.07) is 4.41. The van der Waals surface area contributed by atoms with Crippen LogP contribution in [0.4, 0.5) is 0 Å². The predicted octanol–water partition coefficient (Wildman–Crippen LogP) is 1.15. The van der Waals surface area contributed by atoms with Crippen molar-refractivity contribution in [3.63, 3.8) is 0 Å². The smallest absolute Gasteiger partial charge is 0.193 e. The summed E-state index contributed by atoms with van der Waals surface area (Å²) in [5.74, 6) is 4.40. The molecule has 3 heteroatoms. The van der Waals surface area contributed by atoms with Crippen LogP contribution in [0.5, 0.6) is 5.75 Å². The van der Waals surface area contributed by atoms with Crippen molar-refractivity contribution < 1.29 is 14.7 Å². The average Bonchev–Trinajstić information content (AvgIpc) is 2.14. The second kappa shape index (κ2) is 4.24. The Hall–Kier alpha value is -2.08. The molecule has 0 atom stereocenters. The minimum absolute atomic E-state index is 0.116. The largest absolute Gasteiger partial charge is 0.507 e. The third-order valence-electron chi connectivity index (χ3n) is 1.65. The molecule has 0 heterocycles. The molecule has 70 valence electrons. The number of hydrogen-bond acceptors (Lipinski definition) is 3. The summed E-state index contributed by atoms with van der Waals surface area (Å²) >= 11 is 0. The van der Waals surface area contributed by atoms with Crippen LogP contribution in [0.15, 0.2) is 18.2 Å². The zero-order valence-electron chi connectivity index (χ0n) is 7.57. The second-order valence-corrected chi connectivity index (χ2v) is 2.68. The van der Waals surface area contributed by atoms with Crippen molar-refractivity contribution >= 4 is 12.1 Å². The van der Waals surface area contributed by atoms with E-state index in [1.807, 2.05) is 0 Å². The minimum atomic E-state index is -0.211. The van der Waals surface area contributed by atoms with E-state index in [2.05, 4.69) is 11.8 Å². The molecule has 0 bridgehead atoms. The summed E-state index contributed by atoms with van der Waals surface area (Å²) in [7, 11) is 0. The Balaban J connectivity index is 3.12. The SMILES string of the molecule is CC(=O)c1ccc(C#CC=O)cc1O. The van der Waals surface area contributed by atoms with Gasteiger partial charge in [0.2, 0.25) is 0 Å². The quantitative estimate of drug-likeness (QED) is 0.408. The molecule has 0 aliphatic rings. The first-order chi connectivity index (χ1) is 6.65. The fourth-order valence-corrected chi connectivity index (χ4v) is 1.02. The third-order valence-corrected chi connectivity index (χ3v) is 1.65. The molecule has 0 spiro atoms. The molecule has 0 amide bonds. The maximum atomic E-state index is 10.9. The van der Waals surface area contributed by atoms with Crippen LogP contribution < -0.4 is 0 Å². The zero-order valence-corrected chi connectivity index (χ0v) is 7.57. The number of phenolic OH excluding ortho intramolecular Hbond substituents is 1. The molecule has 0 saturated carbocycles. The zero-order chi connectivity index (χ0) is 10.6. The number of hydrogen-bond donors (Lipinski definition) is 1. The van der Waals surface area contributed by atoms with Gasteiger partial charge in [-0.05, 0) is 31.0 Å². The van der Waals surface area contributed by atoms with E-state index in [0.29, 0.717) is 11.8 Å². The predicted molar refractivity (Wildman–Crippen MR) is 51.1 cm³/mol. The first kappa shape index (κ1) is 10.0. The van der Waals surface area contributed by atoms with Gasteiger partial charge in [0.25, 0.3) is 0 Å². The monoisotopic (exact) mass is 188 g/mol. The Bertz CT molecular complexity index is 436. The fraction of sp³-hybridized carbons (Fsp3) is 0.0909. The lowest BCUT2D eigenvalue weighted by atomic mass is 10.1. The molecule has 1 aromatic carbocycles. The van der Waals surface area contributed by atoms with Crippen molar-refractivity contribution in [2.75, 3.05) is 0 Å². The molecule has 0 radical (unpaired) electrons. The van der Waals surface area contributed by atoms with Crippen LogP contribution in [-0.2, 0) is 4.79 Å². The highest BCUT2D eigenvalue weighted by Crippen LogP contribution is 2.18. The fourth-order valence-electron chi connectivity index (χ4n) is 1.02. The van der Waals surface area contributed by atoms with E-state index in [4.69, 9.17) is 0 Å². The van der Waals surface area contributed by atoms with E-state index in [1.165, 1.54) is 19.1 Å². The molecule has 1 rings (SSSR count). The van der Waals surface area contributed by atoms with Crippen molar-refractivity contribution in [1.29, 1.82) is 0 Å². The Morgan fingerprint density at radius 1 is 1.50 bits per heavy atom. The highest BCUT2D eigenvalue weighted by atomic mass is 16.3. The van der Waals surface area contributed by atoms with Gasteiger partial charge in [-0.1, -0.05) is 5.92 Å². The molecule has 14 heavy (non-hydrogen) atoms. The molecule has 1 N–H and O–H groups in total. The van der Waals surface area contributed by atoms with Crippen LogP contribution in [0.25, 0.3) is 0 Å². The normalized spacial score (nSPS) is 8.64. The van der Waals surface area contributed by atoms with Gasteiger partial charge in [0.05, 0.1) is 5.56 Å². The van der Waals surface area contributed by atoms with Crippen LogP contribution in [0.2, 0.25) is 0 Å². The first-order valence-electron chi connectivity index (χ1n) is 3.94. The standard InChI is InChI=1S/C11H8O3/c1-8(13)10-5-4-9(3-2-6-12)7-11(10)14/h4-7,14H,1H3. The van der Waals surface area contributed by atoms with Crippen molar-refractivity contribution in [1.82, 2.24) is 0 Å². The minimum Gasteiger partial charge on any atom is -0.507 e. The number of ketones is 1. The average molecular weight is 188 g/mol. The van der Waals surface area contributed by atoms with Crippen molar-refractivity contribution in [3.8, 4) is 17.6 Å². The number of benzene rings is 1. The number of carbonyl (C=O) groups excluding carboxylic acids is 2. The van der Waals surface area contributed by atoms with E-state index < -0.39 is 0 Å². The van der Waals surface area contributed by atoms with Gasteiger partial charge in [-0.25, -0.2) is 0 Å². The van der Waals surface area contributed by atoms with Gasteiger partial charge in [0, 0.05) is 5.56 Å². The lowest BCUT2D eigenvalue weighted by molar-refractivity contribution is -0.103. The molecular weight excluding hydrogens is 180 g/mol. The lowest BCUT2D eigenvalue weighted by Crippen LogP contribution is -1.92. The van der Waals surface area contributed by atoms with Gasteiger partial charge >= 0.3 is 0 Å². The molecule has 0 aliphatic carbocycles. The summed E-state index contributed by atoms with van der Waals surface area (Å²) in [6.07, 6.45) is 0.468. The molecular formula is C11H8O3. The van der Waals surface area contributed by atoms with Gasteiger partial charge in [-0.15, -0.1) is 0 Å². The van der Waals surface area contributed by atoms with Crippen LogP contribution in [-0.4, -0.2) is 17.2 Å². The first-order valence-corrected chi connectivity index (χ1v) is 3.94. The Labute approximate surface area is 81.4 Å². The van der Waals surface area contributed by atoms with Crippen LogP contribution in [0, 0.1) is 11.8 Å². The lowest BCUT2D eigenvalue weighted by Gasteiger charge is -1.99. The van der Waals surface area contributed by atoms with Gasteiger partial charge in [0.1, 0.15) is 5.75 Å². The number of aromatic hydroxyl groups is 1. The Morgan fingerprint density at radius 2 is 2.21 bits per heavy atom. The van der Waals surface area contributed by atoms with Gasteiger partial charge in [-0.2, -0.15) is 0 Å². The summed E-state index contributed by atoms with van der Waals surface area (Å²) in [5, 5.41) is 9.38. The summed E-state index contributed by atoms with van der Waals surface area (Å²) in [6.45, 7) is 1.37. The second-order valence-electron chi connectivity index (χ2n) is 2.68. The number of phenols is 1. The topological polar surface area (TPSA) is 54.4 Å². The Morgan fingerprint density at radius 3 is 2.71 bits per heavy atom. The number of Topliss-reactive ketones (excluding diaryl/α,β-unsaturated/α-hetero) is 1. The van der Waals surface area contributed by atoms with Gasteiger partial charge in [0.15, 0.2) is 12.1 Å². The van der Waals surface area contributed by atoms with E-state index in [0.717, 1.165) is 0 Å². The Kier molecular flexibility index (Phi) is 3.03. The number of rotatable bonds is 1. The summed E-state index contributed by atoms with van der Waals surface area (Å²) in [4.78, 5) is 20.9. The molecule has 0 fully saturated rings. The summed E-state index contributed by atoms with van der Waals surface area (Å²) < 4.78 is 0. The van der Waals surface area contributed by atoms with Gasteiger partial charge in [-0.3, -0.25) is 9.59 Å². The molecule has 1 aromatic rings. The number of aldehydes is 1. The summed E-state index contributed by atoms with van der Waals surface area (Å²) in [5.41, 5.74) is 0.751. The highest BCUT2D eigenvalue weighted by molar-refractivity contribution is 5.96. The van der Waals surface area contributed by atoms with E-state index >= 15 is 0 Å². The van der Waals surface area contributed by atoms with E-state index in [1.54, 1.807) is 6.07 Å². The molecule has 3 nitrogen and oxygen atoms in total. The molecule has 0 unspecified atom stereocenters. The van der Waals surface area contributed by atoms with Crippen molar-refractivity contribution in [2.45, 2.75) is 6.92 Å². The molecule has 0 aromatic heterocycles. The maximum Gasteiger partial charge on any atom is 0.193 e.